The molecule has 0 amide bonds. The summed E-state index contributed by atoms with van der Waals surface area (Å²) in [5.74, 6) is 0. The number of nitrogens with zero attached hydrogens (tertiary/aromatic N) is 1. The predicted molar refractivity (Wildman–Crippen MR) is 110 cm³/mol. The van der Waals surface area contributed by atoms with Gasteiger partial charge in [-0.05, 0) is 19.8 Å². The normalized spacial score (nSPS) is 11.0. The summed E-state index contributed by atoms with van der Waals surface area (Å²) in [6.07, 6.45) is 18.9. The fourth-order valence-corrected chi connectivity index (χ4v) is 2.90. The molecule has 26 heavy (non-hydrogen) atoms. The summed E-state index contributed by atoms with van der Waals surface area (Å²) in [4.78, 5) is 9.27. The third-order valence-electron chi connectivity index (χ3n) is 4.44. The highest BCUT2D eigenvalue weighted by Crippen LogP contribution is 2.13. The van der Waals surface area contributed by atoms with Crippen molar-refractivity contribution < 1.29 is 19.1 Å². The maximum absolute atomic E-state index is 9.27. The number of unbranched alkanes of at least 4 members (excludes halogenated alkanes) is 13. The molecule has 4 heteroatoms. The SMILES string of the molecule is CCCCCCCCCCCCCCCC[N+](C)(C)C.CCOC(=O)[O-]. The van der Waals surface area contributed by atoms with Crippen molar-refractivity contribution in [1.82, 2.24) is 0 Å². The number of carboxylic acid groups (broad SMARTS) is 1. The molecule has 0 N–H and O–H groups in total. The summed E-state index contributed by atoms with van der Waals surface area (Å²) in [5.41, 5.74) is 0. The Morgan fingerprint density at radius 3 is 1.27 bits per heavy atom. The first-order valence-corrected chi connectivity index (χ1v) is 11.0. The summed E-state index contributed by atoms with van der Waals surface area (Å²) in [7, 11) is 6.88. The fraction of sp³-hybridized carbons (Fsp3) is 0.955. The first-order chi connectivity index (χ1) is 12.3. The molecule has 0 spiro atoms. The van der Waals surface area contributed by atoms with Gasteiger partial charge in [-0.15, -0.1) is 0 Å². The van der Waals surface area contributed by atoms with Crippen molar-refractivity contribution in [2.45, 2.75) is 104 Å². The molecule has 0 saturated heterocycles. The van der Waals surface area contributed by atoms with Gasteiger partial charge in [0, 0.05) is 6.61 Å². The van der Waals surface area contributed by atoms with Gasteiger partial charge in [0.1, 0.15) is 0 Å². The molecule has 0 rings (SSSR count). The molecule has 0 aromatic carbocycles. The van der Waals surface area contributed by atoms with Crippen LogP contribution in [0.3, 0.4) is 0 Å². The van der Waals surface area contributed by atoms with E-state index in [0.29, 0.717) is 0 Å². The van der Waals surface area contributed by atoms with Gasteiger partial charge in [0.25, 0.3) is 6.16 Å². The van der Waals surface area contributed by atoms with Crippen LogP contribution in [0, 0.1) is 0 Å². The Kier molecular flexibility index (Phi) is 21.7. The van der Waals surface area contributed by atoms with Crippen LogP contribution >= 0.6 is 0 Å². The molecule has 0 heterocycles. The van der Waals surface area contributed by atoms with Crippen molar-refractivity contribution in [3.8, 4) is 0 Å². The number of ether oxygens (including phenoxy) is 1. The van der Waals surface area contributed by atoms with Gasteiger partial charge >= 0.3 is 0 Å². The first-order valence-electron chi connectivity index (χ1n) is 11.0. The highest BCUT2D eigenvalue weighted by molar-refractivity contribution is 5.53. The number of hydrogen-bond acceptors (Lipinski definition) is 3. The smallest absolute Gasteiger partial charge is 0.251 e. The largest absolute Gasteiger partial charge is 0.550 e. The van der Waals surface area contributed by atoms with E-state index in [0.717, 1.165) is 4.48 Å². The summed E-state index contributed by atoms with van der Waals surface area (Å²) in [6, 6.07) is 0. The lowest BCUT2D eigenvalue weighted by Crippen LogP contribution is -2.35. The van der Waals surface area contributed by atoms with Crippen molar-refractivity contribution in [3.05, 3.63) is 0 Å². The average molecular weight is 374 g/mol. The van der Waals surface area contributed by atoms with Crippen molar-refractivity contribution in [1.29, 1.82) is 0 Å². The van der Waals surface area contributed by atoms with Crippen molar-refractivity contribution in [2.24, 2.45) is 0 Å². The van der Waals surface area contributed by atoms with Gasteiger partial charge in [0.2, 0.25) is 0 Å². The van der Waals surface area contributed by atoms with E-state index < -0.39 is 6.16 Å². The van der Waals surface area contributed by atoms with E-state index in [9.17, 15) is 9.90 Å². The fourth-order valence-electron chi connectivity index (χ4n) is 2.90. The van der Waals surface area contributed by atoms with E-state index >= 15 is 0 Å². The summed E-state index contributed by atoms with van der Waals surface area (Å²) < 4.78 is 4.97. The number of rotatable bonds is 16. The monoisotopic (exact) mass is 373 g/mol. The summed E-state index contributed by atoms with van der Waals surface area (Å²) >= 11 is 0. The highest BCUT2D eigenvalue weighted by Gasteiger charge is 2.04. The zero-order valence-corrected chi connectivity index (χ0v) is 18.5. The third kappa shape index (κ3) is 31.0. The molecular weight excluding hydrogens is 326 g/mol. The van der Waals surface area contributed by atoms with Gasteiger partial charge < -0.3 is 19.1 Å². The molecule has 0 aromatic heterocycles. The van der Waals surface area contributed by atoms with Gasteiger partial charge in [0.15, 0.2) is 0 Å². The molecule has 0 bridgehead atoms. The molecule has 0 aliphatic carbocycles. The van der Waals surface area contributed by atoms with Crippen LogP contribution in [0.25, 0.3) is 0 Å². The minimum absolute atomic E-state index is 0.169. The Morgan fingerprint density at radius 2 is 1.04 bits per heavy atom. The van der Waals surface area contributed by atoms with Crippen molar-refractivity contribution in [3.63, 3.8) is 0 Å². The van der Waals surface area contributed by atoms with Crippen LogP contribution in [-0.2, 0) is 4.74 Å². The van der Waals surface area contributed by atoms with Crippen LogP contribution in [-0.4, -0.2) is 44.9 Å². The zero-order valence-electron chi connectivity index (χ0n) is 18.5. The van der Waals surface area contributed by atoms with E-state index in [2.05, 4.69) is 32.8 Å². The number of hydrogen-bond donors (Lipinski definition) is 0. The quantitative estimate of drug-likeness (QED) is 0.203. The van der Waals surface area contributed by atoms with Crippen molar-refractivity contribution in [2.75, 3.05) is 34.3 Å². The standard InChI is InChI=1S/C19H42N.C3H6O3/c1-5-6-7-8-9-10-11-12-13-14-15-16-17-18-19-20(2,3)4;1-2-6-3(4)5/h5-19H2,1-4H3;2H2,1H3,(H,4,5)/q+1;/p-1. The van der Waals surface area contributed by atoms with Crippen LogP contribution in [0.4, 0.5) is 4.79 Å². The molecule has 0 radical (unpaired) electrons. The Morgan fingerprint density at radius 1 is 0.692 bits per heavy atom. The lowest BCUT2D eigenvalue weighted by molar-refractivity contribution is -0.870. The van der Waals surface area contributed by atoms with Gasteiger partial charge in [-0.2, -0.15) is 0 Å². The van der Waals surface area contributed by atoms with E-state index in [-0.39, 0.29) is 6.61 Å². The lowest BCUT2D eigenvalue weighted by Gasteiger charge is -2.23. The minimum atomic E-state index is -1.46. The molecule has 0 saturated carbocycles. The van der Waals surface area contributed by atoms with E-state index in [4.69, 9.17) is 0 Å². The molecule has 0 unspecified atom stereocenters. The maximum atomic E-state index is 9.27. The molecule has 4 nitrogen and oxygen atoms in total. The maximum Gasteiger partial charge on any atom is 0.251 e. The van der Waals surface area contributed by atoms with Crippen LogP contribution in [0.5, 0.6) is 0 Å². The first kappa shape index (κ1) is 27.4. The number of quaternary nitrogens is 1. The van der Waals surface area contributed by atoms with Crippen LogP contribution in [0.1, 0.15) is 104 Å². The van der Waals surface area contributed by atoms with Gasteiger partial charge in [0.05, 0.1) is 27.7 Å². The molecule has 0 fully saturated rings. The number of carbonyl (C=O) groups excluding carboxylic acids is 1. The van der Waals surface area contributed by atoms with Crippen LogP contribution < -0.4 is 5.11 Å². The average Bonchev–Trinajstić information content (AvgIpc) is 2.54. The Bertz CT molecular complexity index is 288. The molecule has 158 valence electrons. The molecule has 0 atom stereocenters. The van der Waals surface area contributed by atoms with Gasteiger partial charge in [-0.25, -0.2) is 0 Å². The van der Waals surface area contributed by atoms with Gasteiger partial charge in [-0.1, -0.05) is 84.0 Å². The Balaban J connectivity index is 0. The Hall–Kier alpha value is -0.770. The second-order valence-corrected chi connectivity index (χ2v) is 8.29. The lowest BCUT2D eigenvalue weighted by atomic mass is 10.0. The van der Waals surface area contributed by atoms with E-state index in [1.807, 2.05) is 0 Å². The molecule has 0 aliphatic heterocycles. The predicted octanol–water partition coefficient (Wildman–Crippen LogP) is 5.54. The zero-order chi connectivity index (χ0) is 20.1. The molecule has 0 aromatic rings. The van der Waals surface area contributed by atoms with Crippen LogP contribution in [0.2, 0.25) is 0 Å². The summed E-state index contributed by atoms with van der Waals surface area (Å²) in [6.45, 7) is 5.37. The molecular formula is C22H47NO3. The van der Waals surface area contributed by atoms with E-state index in [1.54, 1.807) is 6.92 Å². The second kappa shape index (κ2) is 20.5. The molecule has 0 aliphatic rings. The van der Waals surface area contributed by atoms with Gasteiger partial charge in [-0.3, -0.25) is 0 Å². The second-order valence-electron chi connectivity index (χ2n) is 8.29. The van der Waals surface area contributed by atoms with Crippen LogP contribution in [0.15, 0.2) is 0 Å². The third-order valence-corrected chi connectivity index (χ3v) is 4.44. The minimum Gasteiger partial charge on any atom is -0.550 e. The summed E-state index contributed by atoms with van der Waals surface area (Å²) in [5, 5.41) is 9.27. The van der Waals surface area contributed by atoms with Crippen molar-refractivity contribution >= 4 is 6.16 Å². The number of carbonyl (C=O) groups is 1. The highest BCUT2D eigenvalue weighted by atomic mass is 16.7. The van der Waals surface area contributed by atoms with E-state index in [1.165, 1.54) is 96.4 Å². The topological polar surface area (TPSA) is 49.4 Å². The Labute approximate surface area is 163 Å².